The fraction of sp³-hybridized carbons (Fsp3) is 0.308. The summed E-state index contributed by atoms with van der Waals surface area (Å²) in [4.78, 5) is 2.18. The molecule has 0 aliphatic carbocycles. The van der Waals surface area contributed by atoms with Gasteiger partial charge in [-0.15, -0.1) is 0 Å². The molecule has 0 radical (unpaired) electrons. The van der Waals surface area contributed by atoms with E-state index in [4.69, 9.17) is 4.74 Å². The van der Waals surface area contributed by atoms with Gasteiger partial charge in [-0.1, -0.05) is 24.3 Å². The van der Waals surface area contributed by atoms with Gasteiger partial charge in [0.05, 0.1) is 29.1 Å². The van der Waals surface area contributed by atoms with Crippen molar-refractivity contribution in [2.75, 3.05) is 34.5 Å². The predicted molar refractivity (Wildman–Crippen MR) is 143 cm³/mol. The van der Waals surface area contributed by atoms with Gasteiger partial charge in [-0.25, -0.2) is 16.8 Å². The lowest BCUT2D eigenvalue weighted by atomic mass is 10.1. The number of ether oxygens (including phenoxy) is 1. The quantitative estimate of drug-likeness (QED) is 0.430. The van der Waals surface area contributed by atoms with E-state index in [1.807, 2.05) is 17.9 Å². The number of nitrogens with zero attached hydrogens (tertiary/aromatic N) is 1. The summed E-state index contributed by atoms with van der Waals surface area (Å²) >= 11 is 0. The van der Waals surface area contributed by atoms with Crippen molar-refractivity contribution >= 4 is 37.1 Å². The molecule has 2 N–H and O–H groups in total. The zero-order chi connectivity index (χ0) is 25.9. The van der Waals surface area contributed by atoms with Gasteiger partial charge in [0.15, 0.2) is 0 Å². The Kier molecular flexibility index (Phi) is 7.46. The maximum atomic E-state index is 13.6. The van der Waals surface area contributed by atoms with E-state index in [1.54, 1.807) is 55.5 Å². The zero-order valence-electron chi connectivity index (χ0n) is 20.6. The Morgan fingerprint density at radius 2 is 1.47 bits per heavy atom. The predicted octanol–water partition coefficient (Wildman–Crippen LogP) is 4.90. The summed E-state index contributed by atoms with van der Waals surface area (Å²) in [5, 5.41) is 0. The minimum atomic E-state index is -4.09. The number of nitrogens with one attached hydrogen (secondary N) is 2. The SMILES string of the molecule is COc1ccccc1NS(=O)(=O)c1cc(NS(=O)(=O)c2cc(C)ccc2C)ccc1N1CCCCC1. The molecular formula is C26H31N3O5S2. The molecule has 36 heavy (non-hydrogen) atoms. The van der Waals surface area contributed by atoms with E-state index in [2.05, 4.69) is 9.44 Å². The standard InChI is InChI=1S/C26H31N3O5S2/c1-19-11-12-20(2)25(17-19)35(30,31)27-21-13-14-23(29-15-7-4-8-16-29)26(18-21)36(32,33)28-22-9-5-6-10-24(22)34-3/h5-6,9-14,17-18,27-28H,4,7-8,15-16H2,1-3H3. The Morgan fingerprint density at radius 3 is 2.19 bits per heavy atom. The van der Waals surface area contributed by atoms with Gasteiger partial charge >= 0.3 is 0 Å². The number of para-hydroxylation sites is 2. The lowest BCUT2D eigenvalue weighted by Crippen LogP contribution is -2.31. The second-order valence-corrected chi connectivity index (χ2v) is 12.2. The monoisotopic (exact) mass is 529 g/mol. The molecule has 0 unspecified atom stereocenters. The lowest BCUT2D eigenvalue weighted by Gasteiger charge is -2.30. The van der Waals surface area contributed by atoms with Crippen LogP contribution >= 0.6 is 0 Å². The van der Waals surface area contributed by atoms with Crippen LogP contribution in [0.5, 0.6) is 5.75 Å². The number of sulfonamides is 2. The third kappa shape index (κ3) is 5.60. The van der Waals surface area contributed by atoms with Crippen molar-refractivity contribution in [3.05, 3.63) is 71.8 Å². The Hall–Kier alpha value is -3.24. The molecule has 1 saturated heterocycles. The first-order valence-electron chi connectivity index (χ1n) is 11.8. The maximum absolute atomic E-state index is 13.6. The Balaban J connectivity index is 1.76. The Bertz CT molecular complexity index is 1460. The van der Waals surface area contributed by atoms with Crippen LogP contribution in [0, 0.1) is 13.8 Å². The van der Waals surface area contributed by atoms with E-state index in [0.717, 1.165) is 37.9 Å². The summed E-state index contributed by atoms with van der Waals surface area (Å²) in [7, 11) is -6.56. The number of benzene rings is 3. The average Bonchev–Trinajstić information content (AvgIpc) is 2.86. The molecule has 1 fully saturated rings. The van der Waals surface area contributed by atoms with Gasteiger partial charge in [0.25, 0.3) is 20.0 Å². The Morgan fingerprint density at radius 1 is 0.778 bits per heavy atom. The fourth-order valence-corrected chi connectivity index (χ4v) is 7.03. The number of methoxy groups -OCH3 is 1. The number of piperidine rings is 1. The first-order chi connectivity index (χ1) is 17.1. The van der Waals surface area contributed by atoms with Crippen LogP contribution in [0.2, 0.25) is 0 Å². The first kappa shape index (κ1) is 25.8. The maximum Gasteiger partial charge on any atom is 0.264 e. The highest BCUT2D eigenvalue weighted by Crippen LogP contribution is 2.34. The summed E-state index contributed by atoms with van der Waals surface area (Å²) < 4.78 is 64.2. The summed E-state index contributed by atoms with van der Waals surface area (Å²) in [5.74, 6) is 0.382. The molecule has 3 aromatic carbocycles. The molecule has 0 bridgehead atoms. The third-order valence-electron chi connectivity index (χ3n) is 6.18. The van der Waals surface area contributed by atoms with Gasteiger partial charge in [0.1, 0.15) is 10.6 Å². The molecule has 192 valence electrons. The third-order valence-corrected chi connectivity index (χ3v) is 9.10. The van der Waals surface area contributed by atoms with E-state index in [-0.39, 0.29) is 15.5 Å². The summed E-state index contributed by atoms with van der Waals surface area (Å²) in [6, 6.07) is 16.6. The van der Waals surface area contributed by atoms with Gasteiger partial charge < -0.3 is 9.64 Å². The van der Waals surface area contributed by atoms with Crippen LogP contribution in [0.15, 0.2) is 70.5 Å². The van der Waals surface area contributed by atoms with Gasteiger partial charge in [0.2, 0.25) is 0 Å². The van der Waals surface area contributed by atoms with Crippen molar-refractivity contribution in [3.63, 3.8) is 0 Å². The van der Waals surface area contributed by atoms with Gasteiger partial charge in [-0.2, -0.15) is 0 Å². The van der Waals surface area contributed by atoms with Crippen LogP contribution in [0.4, 0.5) is 17.1 Å². The van der Waals surface area contributed by atoms with Crippen LogP contribution in [0.3, 0.4) is 0 Å². The van der Waals surface area contributed by atoms with Crippen LogP contribution in [0.25, 0.3) is 0 Å². The van der Waals surface area contributed by atoms with E-state index in [9.17, 15) is 16.8 Å². The van der Waals surface area contributed by atoms with Crippen molar-refractivity contribution in [3.8, 4) is 5.75 Å². The van der Waals surface area contributed by atoms with Crippen LogP contribution in [-0.2, 0) is 20.0 Å². The van der Waals surface area contributed by atoms with E-state index >= 15 is 0 Å². The van der Waals surface area contributed by atoms with Crippen LogP contribution < -0.4 is 19.1 Å². The van der Waals surface area contributed by atoms with Crippen LogP contribution in [0.1, 0.15) is 30.4 Å². The highest BCUT2D eigenvalue weighted by Gasteiger charge is 2.26. The lowest BCUT2D eigenvalue weighted by molar-refractivity contribution is 0.417. The van der Waals surface area contributed by atoms with Crippen molar-refractivity contribution in [1.82, 2.24) is 0 Å². The van der Waals surface area contributed by atoms with Crippen molar-refractivity contribution in [2.24, 2.45) is 0 Å². The molecule has 0 spiro atoms. The van der Waals surface area contributed by atoms with Crippen molar-refractivity contribution in [2.45, 2.75) is 42.9 Å². The molecule has 1 aliphatic rings. The van der Waals surface area contributed by atoms with E-state index in [1.165, 1.54) is 13.2 Å². The van der Waals surface area contributed by atoms with Crippen LogP contribution in [-0.4, -0.2) is 37.0 Å². The minimum absolute atomic E-state index is 0.00327. The molecule has 10 heteroatoms. The van der Waals surface area contributed by atoms with Gasteiger partial charge in [-0.3, -0.25) is 9.44 Å². The van der Waals surface area contributed by atoms with Crippen molar-refractivity contribution < 1.29 is 21.6 Å². The minimum Gasteiger partial charge on any atom is -0.495 e. The molecule has 0 amide bonds. The number of aryl methyl sites for hydroxylation is 2. The number of hydrogen-bond donors (Lipinski definition) is 2. The molecule has 8 nitrogen and oxygen atoms in total. The molecule has 4 rings (SSSR count). The summed E-state index contributed by atoms with van der Waals surface area (Å²) in [5.41, 5.74) is 2.41. The highest BCUT2D eigenvalue weighted by atomic mass is 32.2. The van der Waals surface area contributed by atoms with Crippen molar-refractivity contribution in [1.29, 1.82) is 0 Å². The smallest absolute Gasteiger partial charge is 0.264 e. The second kappa shape index (κ2) is 10.4. The Labute approximate surface area is 213 Å². The van der Waals surface area contributed by atoms with Gasteiger partial charge in [-0.05, 0) is 80.6 Å². The van der Waals surface area contributed by atoms with E-state index < -0.39 is 20.0 Å². The number of hydrogen-bond acceptors (Lipinski definition) is 6. The molecule has 0 saturated carbocycles. The van der Waals surface area contributed by atoms with Gasteiger partial charge in [0, 0.05) is 13.1 Å². The highest BCUT2D eigenvalue weighted by molar-refractivity contribution is 7.93. The average molecular weight is 530 g/mol. The normalized spacial score (nSPS) is 14.4. The first-order valence-corrected chi connectivity index (χ1v) is 14.7. The summed E-state index contributed by atoms with van der Waals surface area (Å²) in [6.45, 7) is 5.00. The molecule has 0 atom stereocenters. The second-order valence-electron chi connectivity index (χ2n) is 8.91. The molecule has 1 heterocycles. The molecule has 0 aromatic heterocycles. The molecule has 1 aliphatic heterocycles. The molecular weight excluding hydrogens is 498 g/mol. The number of anilines is 3. The summed E-state index contributed by atoms with van der Waals surface area (Å²) in [6.07, 6.45) is 3.01. The largest absolute Gasteiger partial charge is 0.495 e. The zero-order valence-corrected chi connectivity index (χ0v) is 22.2. The fourth-order valence-electron chi connectivity index (χ4n) is 4.32. The van der Waals surface area contributed by atoms with E-state index in [0.29, 0.717) is 22.7 Å². The molecule has 3 aromatic rings. The number of rotatable bonds is 8. The topological polar surface area (TPSA) is 105 Å².